The minimum atomic E-state index is -2.15. The summed E-state index contributed by atoms with van der Waals surface area (Å²) in [7, 11) is 0. The van der Waals surface area contributed by atoms with E-state index in [4.69, 9.17) is 16.7 Å². The Labute approximate surface area is 235 Å². The number of alkyl halides is 1. The highest BCUT2D eigenvalue weighted by Gasteiger charge is 2.47. The number of aryl methyl sites for hydroxylation is 1. The molecule has 2 N–H and O–H groups in total. The number of nitrogens with one attached hydrogen (secondary N) is 1. The number of carboxylic acid groups (broad SMARTS) is 1. The summed E-state index contributed by atoms with van der Waals surface area (Å²) in [5, 5.41) is 14.1. The molecule has 7 nitrogen and oxygen atoms in total. The number of benzene rings is 2. The van der Waals surface area contributed by atoms with E-state index in [-0.39, 0.29) is 47.1 Å². The van der Waals surface area contributed by atoms with Gasteiger partial charge in [-0.05, 0) is 36.6 Å². The van der Waals surface area contributed by atoms with Crippen LogP contribution in [0.5, 0.6) is 0 Å². The van der Waals surface area contributed by atoms with Crippen LogP contribution < -0.4 is 5.32 Å². The number of nitrogens with zero attached hydrogens (tertiary/aromatic N) is 2. The number of halogens is 3. The number of likely N-dealkylation sites (tertiary alicyclic amines) is 1. The van der Waals surface area contributed by atoms with Crippen molar-refractivity contribution in [2.45, 2.75) is 37.9 Å². The predicted octanol–water partition coefficient (Wildman–Crippen LogP) is 6.41. The number of fused-ring (bicyclic) bond motifs is 1. The summed E-state index contributed by atoms with van der Waals surface area (Å²) in [5.74, 6) is -4.95. The molecule has 4 aromatic rings. The Hall–Kier alpha value is -3.41. The first-order chi connectivity index (χ1) is 18.7. The van der Waals surface area contributed by atoms with Crippen LogP contribution in [-0.2, 0) is 28.2 Å². The number of anilines is 1. The van der Waals surface area contributed by atoms with E-state index < -0.39 is 35.8 Å². The fraction of sp³-hybridized carbons (Fsp3) is 0.259. The van der Waals surface area contributed by atoms with Gasteiger partial charge in [-0.25, -0.2) is 13.8 Å². The van der Waals surface area contributed by atoms with Crippen LogP contribution >= 0.6 is 34.3 Å². The van der Waals surface area contributed by atoms with Crippen molar-refractivity contribution in [2.24, 2.45) is 0 Å². The van der Waals surface area contributed by atoms with E-state index in [0.717, 1.165) is 32.4 Å². The molecule has 39 heavy (non-hydrogen) atoms. The molecule has 202 valence electrons. The van der Waals surface area contributed by atoms with Gasteiger partial charge in [-0.1, -0.05) is 29.8 Å². The van der Waals surface area contributed by atoms with Crippen LogP contribution in [0.3, 0.4) is 0 Å². The normalized spacial score (nSPS) is 17.1. The number of thiazole rings is 1. The standard InChI is InChI=1S/C27H22ClF2N3O4S2/c28-19-10-15(20(29)12-21(19)32-25(37)18-14-38-22-5-2-1-4-17(18)22)11-23(34)33-9-3-8-27(33,30)26-31-13-16(39-26)6-7-24(35)36/h1-2,4-5,10,12-14H,3,6-9,11H2,(H,32,37)(H,35,36)/t27-/m1/s1. The molecule has 1 aliphatic rings. The number of carbonyl (C=O) groups excluding carboxylic acids is 2. The topological polar surface area (TPSA) is 99.6 Å². The number of thiophene rings is 1. The summed E-state index contributed by atoms with van der Waals surface area (Å²) in [4.78, 5) is 42.6. The number of amides is 2. The Morgan fingerprint density at radius 3 is 2.82 bits per heavy atom. The van der Waals surface area contributed by atoms with Crippen LogP contribution in [0.1, 0.15) is 45.1 Å². The molecule has 0 bridgehead atoms. The fourth-order valence-electron chi connectivity index (χ4n) is 4.58. The van der Waals surface area contributed by atoms with E-state index >= 15 is 8.78 Å². The zero-order valence-electron chi connectivity index (χ0n) is 20.4. The molecule has 0 saturated carbocycles. The van der Waals surface area contributed by atoms with Crippen molar-refractivity contribution in [1.82, 2.24) is 9.88 Å². The average Bonchev–Trinajstić information content (AvgIpc) is 3.64. The molecule has 2 amide bonds. The van der Waals surface area contributed by atoms with Crippen LogP contribution in [0.25, 0.3) is 10.1 Å². The molecule has 0 radical (unpaired) electrons. The van der Waals surface area contributed by atoms with Gasteiger partial charge in [0.05, 0.1) is 29.1 Å². The Bertz CT molecular complexity index is 1590. The molecule has 12 heteroatoms. The van der Waals surface area contributed by atoms with Gasteiger partial charge in [-0.2, -0.15) is 0 Å². The van der Waals surface area contributed by atoms with Crippen LogP contribution in [-0.4, -0.2) is 39.3 Å². The van der Waals surface area contributed by atoms with Crippen LogP contribution in [0.2, 0.25) is 5.02 Å². The summed E-state index contributed by atoms with van der Waals surface area (Å²) in [6.07, 6.45) is 1.54. The van der Waals surface area contributed by atoms with Crippen molar-refractivity contribution in [3.8, 4) is 0 Å². The number of hydrogen-bond acceptors (Lipinski definition) is 6. The highest BCUT2D eigenvalue weighted by atomic mass is 35.5. The summed E-state index contributed by atoms with van der Waals surface area (Å²) in [5.41, 5.74) is 0.468. The van der Waals surface area contributed by atoms with Gasteiger partial charge in [-0.3, -0.25) is 14.4 Å². The molecule has 1 aliphatic heterocycles. The zero-order valence-corrected chi connectivity index (χ0v) is 22.8. The molecule has 2 aromatic carbocycles. The fourth-order valence-corrected chi connectivity index (χ4v) is 6.79. The van der Waals surface area contributed by atoms with Gasteiger partial charge >= 0.3 is 5.97 Å². The summed E-state index contributed by atoms with van der Waals surface area (Å²) in [6, 6.07) is 9.74. The highest BCUT2D eigenvalue weighted by molar-refractivity contribution is 7.17. The second-order valence-corrected chi connectivity index (χ2v) is 11.6. The van der Waals surface area contributed by atoms with E-state index in [1.165, 1.54) is 23.6 Å². The van der Waals surface area contributed by atoms with Gasteiger partial charge in [0, 0.05) is 39.5 Å². The molecule has 0 spiro atoms. The monoisotopic (exact) mass is 589 g/mol. The lowest BCUT2D eigenvalue weighted by molar-refractivity contribution is -0.142. The van der Waals surface area contributed by atoms with Crippen molar-refractivity contribution in [1.29, 1.82) is 0 Å². The van der Waals surface area contributed by atoms with Crippen LogP contribution in [0, 0.1) is 5.82 Å². The van der Waals surface area contributed by atoms with E-state index in [2.05, 4.69) is 10.3 Å². The van der Waals surface area contributed by atoms with Gasteiger partial charge in [0.1, 0.15) is 5.82 Å². The third kappa shape index (κ3) is 5.52. The highest BCUT2D eigenvalue weighted by Crippen LogP contribution is 2.42. The third-order valence-corrected chi connectivity index (χ3v) is 9.00. The maximum atomic E-state index is 16.1. The van der Waals surface area contributed by atoms with Crippen molar-refractivity contribution < 1.29 is 28.3 Å². The van der Waals surface area contributed by atoms with E-state index in [1.54, 1.807) is 5.38 Å². The second-order valence-electron chi connectivity index (χ2n) is 9.13. The Balaban J connectivity index is 1.30. The van der Waals surface area contributed by atoms with E-state index in [0.29, 0.717) is 16.9 Å². The number of rotatable bonds is 8. The molecule has 3 heterocycles. The van der Waals surface area contributed by atoms with Gasteiger partial charge in [-0.15, -0.1) is 22.7 Å². The molecule has 5 rings (SSSR count). The number of aromatic nitrogens is 1. The molecule has 1 fully saturated rings. The average molecular weight is 590 g/mol. The maximum absolute atomic E-state index is 16.1. The maximum Gasteiger partial charge on any atom is 0.303 e. The number of carboxylic acids is 1. The van der Waals surface area contributed by atoms with Crippen molar-refractivity contribution in [2.75, 3.05) is 11.9 Å². The molecule has 1 saturated heterocycles. The van der Waals surface area contributed by atoms with Gasteiger partial charge in [0.2, 0.25) is 11.7 Å². The molecular weight excluding hydrogens is 568 g/mol. The molecule has 0 unspecified atom stereocenters. The largest absolute Gasteiger partial charge is 0.481 e. The van der Waals surface area contributed by atoms with Crippen LogP contribution in [0.15, 0.2) is 48.0 Å². The summed E-state index contributed by atoms with van der Waals surface area (Å²) < 4.78 is 32.1. The van der Waals surface area contributed by atoms with Crippen molar-refractivity contribution in [3.05, 3.63) is 79.8 Å². The number of aliphatic carboxylic acids is 1. The third-order valence-electron chi connectivity index (χ3n) is 6.54. The lowest BCUT2D eigenvalue weighted by Crippen LogP contribution is -2.42. The van der Waals surface area contributed by atoms with E-state index in [1.807, 2.05) is 24.3 Å². The SMILES string of the molecule is O=C(O)CCc1cnc([C@@]2(F)CCCN2C(=O)Cc2cc(Cl)c(NC(=O)c3csc4ccccc34)cc2F)s1. The minimum Gasteiger partial charge on any atom is -0.481 e. The number of hydrogen-bond donors (Lipinski definition) is 2. The van der Waals surface area contributed by atoms with Gasteiger partial charge < -0.3 is 15.3 Å². The Morgan fingerprint density at radius 1 is 1.23 bits per heavy atom. The Morgan fingerprint density at radius 2 is 2.03 bits per heavy atom. The molecular formula is C27H22ClF2N3O4S2. The molecule has 2 aromatic heterocycles. The van der Waals surface area contributed by atoms with Crippen molar-refractivity contribution >= 4 is 67.8 Å². The summed E-state index contributed by atoms with van der Waals surface area (Å²) in [6.45, 7) is 0.136. The quantitative estimate of drug-likeness (QED) is 0.231. The predicted molar refractivity (Wildman–Crippen MR) is 147 cm³/mol. The first-order valence-electron chi connectivity index (χ1n) is 12.1. The van der Waals surface area contributed by atoms with Crippen molar-refractivity contribution in [3.63, 3.8) is 0 Å². The first kappa shape index (κ1) is 27.2. The molecule has 1 atom stereocenters. The summed E-state index contributed by atoms with van der Waals surface area (Å²) >= 11 is 8.80. The van der Waals surface area contributed by atoms with E-state index in [9.17, 15) is 14.4 Å². The smallest absolute Gasteiger partial charge is 0.303 e. The Kier molecular flexibility index (Phi) is 7.66. The van der Waals surface area contributed by atoms with Gasteiger partial charge in [0.15, 0.2) is 5.01 Å². The first-order valence-corrected chi connectivity index (χ1v) is 14.1. The lowest BCUT2D eigenvalue weighted by Gasteiger charge is -2.29. The molecule has 0 aliphatic carbocycles. The number of carbonyl (C=O) groups is 3. The second kappa shape index (κ2) is 11.0. The lowest BCUT2D eigenvalue weighted by atomic mass is 10.1. The van der Waals surface area contributed by atoms with Gasteiger partial charge in [0.25, 0.3) is 5.91 Å². The van der Waals surface area contributed by atoms with Crippen LogP contribution in [0.4, 0.5) is 14.5 Å². The minimum absolute atomic E-state index is 0.0282. The zero-order chi connectivity index (χ0) is 27.7.